The fraction of sp³-hybridized carbons (Fsp3) is 0.429. The number of hydrogen-bond acceptors (Lipinski definition) is 3. The molecule has 0 aliphatic rings. The molecule has 108 valence electrons. The molecule has 20 heavy (non-hydrogen) atoms. The summed E-state index contributed by atoms with van der Waals surface area (Å²) < 4.78 is 6.74. The molecule has 1 aromatic carbocycles. The number of rotatable bonds is 7. The van der Waals surface area contributed by atoms with E-state index >= 15 is 0 Å². The molecule has 0 radical (unpaired) electrons. The maximum absolute atomic E-state index is 11.7. The number of benzene rings is 1. The van der Waals surface area contributed by atoms with Crippen LogP contribution in [0.2, 0.25) is 5.02 Å². The number of methoxy groups -OCH3 is 1. The van der Waals surface area contributed by atoms with Gasteiger partial charge in [-0.05, 0) is 24.6 Å². The number of aryl methyl sites for hydroxylation is 1. The van der Waals surface area contributed by atoms with Crippen LogP contribution in [0.1, 0.15) is 12.8 Å². The molecular weight excluding hydrogens is 278 g/mol. The van der Waals surface area contributed by atoms with Crippen LogP contribution in [-0.4, -0.2) is 35.9 Å². The molecule has 0 unspecified atom stereocenters. The summed E-state index contributed by atoms with van der Waals surface area (Å²) in [5.74, 6) is 0.0266. The van der Waals surface area contributed by atoms with Gasteiger partial charge in [-0.25, -0.2) is 0 Å². The molecule has 0 bridgehead atoms. The fourth-order valence-electron chi connectivity index (χ4n) is 1.98. The topological polar surface area (TPSA) is 56.1 Å². The number of nitrogens with zero attached hydrogens (tertiary/aromatic N) is 2. The Kier molecular flexibility index (Phi) is 5.38. The van der Waals surface area contributed by atoms with Crippen LogP contribution in [0.25, 0.3) is 10.9 Å². The third-order valence-corrected chi connectivity index (χ3v) is 3.24. The van der Waals surface area contributed by atoms with Crippen molar-refractivity contribution in [3.05, 3.63) is 29.4 Å². The van der Waals surface area contributed by atoms with E-state index in [2.05, 4.69) is 10.4 Å². The molecular formula is C14H18ClN3O2. The number of halogens is 1. The molecule has 0 atom stereocenters. The highest BCUT2D eigenvalue weighted by Gasteiger charge is 2.06. The van der Waals surface area contributed by atoms with Crippen molar-refractivity contribution in [3.63, 3.8) is 0 Å². The van der Waals surface area contributed by atoms with Gasteiger partial charge in [0.1, 0.15) is 0 Å². The highest BCUT2D eigenvalue weighted by atomic mass is 35.5. The summed E-state index contributed by atoms with van der Waals surface area (Å²) in [6.45, 7) is 1.86. The molecule has 1 heterocycles. The van der Waals surface area contributed by atoms with Gasteiger partial charge in [0.2, 0.25) is 5.91 Å². The van der Waals surface area contributed by atoms with E-state index in [1.807, 2.05) is 22.9 Å². The van der Waals surface area contributed by atoms with Crippen LogP contribution in [0.5, 0.6) is 0 Å². The summed E-state index contributed by atoms with van der Waals surface area (Å²) in [6.07, 6.45) is 3.00. The highest BCUT2D eigenvalue weighted by molar-refractivity contribution is 6.31. The van der Waals surface area contributed by atoms with Gasteiger partial charge >= 0.3 is 0 Å². The Morgan fingerprint density at radius 2 is 2.35 bits per heavy atom. The number of aromatic nitrogens is 2. The van der Waals surface area contributed by atoms with Crippen LogP contribution in [0.15, 0.2) is 24.4 Å². The zero-order chi connectivity index (χ0) is 14.4. The first kappa shape index (κ1) is 14.8. The van der Waals surface area contributed by atoms with E-state index in [0.717, 1.165) is 17.3 Å². The third-order valence-electron chi connectivity index (χ3n) is 3.00. The molecule has 0 saturated heterocycles. The number of nitrogens with one attached hydrogen (secondary N) is 1. The number of ether oxygens (including phenoxy) is 1. The van der Waals surface area contributed by atoms with E-state index < -0.39 is 0 Å². The second-order valence-corrected chi connectivity index (χ2v) is 4.95. The molecule has 2 rings (SSSR count). The minimum atomic E-state index is 0.0266. The zero-order valence-corrected chi connectivity index (χ0v) is 12.2. The van der Waals surface area contributed by atoms with E-state index in [1.54, 1.807) is 13.3 Å². The summed E-state index contributed by atoms with van der Waals surface area (Å²) in [4.78, 5) is 11.7. The second-order valence-electron chi connectivity index (χ2n) is 4.52. The lowest BCUT2D eigenvalue weighted by atomic mass is 10.2. The molecule has 5 nitrogen and oxygen atoms in total. The minimum Gasteiger partial charge on any atom is -0.385 e. The predicted molar refractivity (Wildman–Crippen MR) is 78.9 cm³/mol. The smallest absolute Gasteiger partial charge is 0.221 e. The molecule has 1 aromatic heterocycles. The van der Waals surface area contributed by atoms with Crippen molar-refractivity contribution in [2.24, 2.45) is 0 Å². The van der Waals surface area contributed by atoms with Gasteiger partial charge in [-0.1, -0.05) is 11.6 Å². The summed E-state index contributed by atoms with van der Waals surface area (Å²) >= 11 is 5.93. The third kappa shape index (κ3) is 3.95. The maximum atomic E-state index is 11.7. The van der Waals surface area contributed by atoms with E-state index in [1.165, 1.54) is 0 Å². The van der Waals surface area contributed by atoms with Gasteiger partial charge in [0.25, 0.3) is 0 Å². The molecule has 1 amide bonds. The van der Waals surface area contributed by atoms with Crippen molar-refractivity contribution in [3.8, 4) is 0 Å². The molecule has 0 spiro atoms. The molecule has 0 saturated carbocycles. The predicted octanol–water partition coefficient (Wildman–Crippen LogP) is 2.23. The minimum absolute atomic E-state index is 0.0266. The van der Waals surface area contributed by atoms with Crippen molar-refractivity contribution in [1.29, 1.82) is 0 Å². The number of amides is 1. The summed E-state index contributed by atoms with van der Waals surface area (Å²) in [5, 5.41) is 8.80. The normalized spacial score (nSPS) is 10.9. The summed E-state index contributed by atoms with van der Waals surface area (Å²) in [6, 6.07) is 5.61. The van der Waals surface area contributed by atoms with Crippen LogP contribution in [0.3, 0.4) is 0 Å². The lowest BCUT2D eigenvalue weighted by Gasteiger charge is -2.06. The Labute approximate surface area is 122 Å². The SMILES string of the molecule is COCCCNC(=O)CCn1ncc2cc(Cl)ccc21. The second kappa shape index (κ2) is 7.26. The molecule has 1 N–H and O–H groups in total. The monoisotopic (exact) mass is 295 g/mol. The average Bonchev–Trinajstić information content (AvgIpc) is 2.83. The number of carbonyl (C=O) groups is 1. The van der Waals surface area contributed by atoms with Crippen molar-refractivity contribution >= 4 is 28.4 Å². The van der Waals surface area contributed by atoms with Crippen LogP contribution >= 0.6 is 11.6 Å². The first-order valence-corrected chi connectivity index (χ1v) is 6.95. The van der Waals surface area contributed by atoms with Gasteiger partial charge in [0.05, 0.1) is 18.3 Å². The molecule has 0 fully saturated rings. The van der Waals surface area contributed by atoms with Crippen LogP contribution < -0.4 is 5.32 Å². The first-order valence-electron chi connectivity index (χ1n) is 6.57. The molecule has 0 aliphatic carbocycles. The maximum Gasteiger partial charge on any atom is 0.221 e. The van der Waals surface area contributed by atoms with Gasteiger partial charge in [0.15, 0.2) is 0 Å². The molecule has 2 aromatic rings. The first-order chi connectivity index (χ1) is 9.70. The molecule has 0 aliphatic heterocycles. The highest BCUT2D eigenvalue weighted by Crippen LogP contribution is 2.18. The zero-order valence-electron chi connectivity index (χ0n) is 11.4. The summed E-state index contributed by atoms with van der Waals surface area (Å²) in [5.41, 5.74) is 0.988. The quantitative estimate of drug-likeness (QED) is 0.797. The Balaban J connectivity index is 1.85. The van der Waals surface area contributed by atoms with Crippen molar-refractivity contribution < 1.29 is 9.53 Å². The van der Waals surface area contributed by atoms with Gasteiger partial charge in [0, 0.05) is 37.1 Å². The Morgan fingerprint density at radius 1 is 1.50 bits per heavy atom. The van der Waals surface area contributed by atoms with E-state index in [4.69, 9.17) is 16.3 Å². The fourth-order valence-corrected chi connectivity index (χ4v) is 2.16. The van der Waals surface area contributed by atoms with E-state index in [-0.39, 0.29) is 5.91 Å². The number of carbonyl (C=O) groups excluding carboxylic acids is 1. The average molecular weight is 296 g/mol. The Hall–Kier alpha value is -1.59. The molecule has 6 heteroatoms. The lowest BCUT2D eigenvalue weighted by molar-refractivity contribution is -0.121. The standard InChI is InChI=1S/C14H18ClN3O2/c1-20-8-2-6-16-14(19)5-7-18-13-4-3-12(15)9-11(13)10-17-18/h3-4,9-10H,2,5-8H2,1H3,(H,16,19). The van der Waals surface area contributed by atoms with Crippen LogP contribution in [0, 0.1) is 0 Å². The van der Waals surface area contributed by atoms with Gasteiger partial charge in [-0.3, -0.25) is 9.48 Å². The van der Waals surface area contributed by atoms with E-state index in [0.29, 0.717) is 31.1 Å². The lowest BCUT2D eigenvalue weighted by Crippen LogP contribution is -2.26. The van der Waals surface area contributed by atoms with Crippen molar-refractivity contribution in [1.82, 2.24) is 15.1 Å². The summed E-state index contributed by atoms with van der Waals surface area (Å²) in [7, 11) is 1.65. The van der Waals surface area contributed by atoms with Gasteiger partial charge in [-0.15, -0.1) is 0 Å². The van der Waals surface area contributed by atoms with Gasteiger partial charge in [-0.2, -0.15) is 5.10 Å². The Bertz CT molecular complexity index is 583. The number of hydrogen-bond donors (Lipinski definition) is 1. The van der Waals surface area contributed by atoms with Gasteiger partial charge < -0.3 is 10.1 Å². The Morgan fingerprint density at radius 3 is 3.15 bits per heavy atom. The van der Waals surface area contributed by atoms with Crippen LogP contribution in [0.4, 0.5) is 0 Å². The van der Waals surface area contributed by atoms with Crippen LogP contribution in [-0.2, 0) is 16.1 Å². The van der Waals surface area contributed by atoms with E-state index in [9.17, 15) is 4.79 Å². The number of fused-ring (bicyclic) bond motifs is 1. The van der Waals surface area contributed by atoms with Crippen molar-refractivity contribution in [2.45, 2.75) is 19.4 Å². The van der Waals surface area contributed by atoms with Crippen molar-refractivity contribution in [2.75, 3.05) is 20.3 Å². The largest absolute Gasteiger partial charge is 0.385 e.